The molecule has 31 heavy (non-hydrogen) atoms. The molecule has 0 unspecified atom stereocenters. The zero-order valence-electron chi connectivity index (χ0n) is 17.0. The second-order valence-electron chi connectivity index (χ2n) is 6.81. The van der Waals surface area contributed by atoms with Crippen LogP contribution in [0.5, 0.6) is 11.5 Å². The third kappa shape index (κ3) is 6.20. The molecule has 3 rings (SSSR count). The zero-order valence-corrected chi connectivity index (χ0v) is 17.8. The minimum Gasteiger partial charge on any atom is -0.490 e. The average Bonchev–Trinajstić information content (AvgIpc) is 2.75. The molecular formula is C24H23ClFNO4. The van der Waals surface area contributed by atoms with E-state index in [1.165, 1.54) is 6.07 Å². The number of benzene rings is 3. The number of ether oxygens (including phenoxy) is 2. The van der Waals surface area contributed by atoms with Gasteiger partial charge in [-0.3, -0.25) is 0 Å². The van der Waals surface area contributed by atoms with Gasteiger partial charge in [0.2, 0.25) is 0 Å². The van der Waals surface area contributed by atoms with Gasteiger partial charge in [0.05, 0.1) is 17.2 Å². The summed E-state index contributed by atoms with van der Waals surface area (Å²) < 4.78 is 25.4. The monoisotopic (exact) mass is 443 g/mol. The normalized spacial score (nSPS) is 10.7. The van der Waals surface area contributed by atoms with E-state index in [-0.39, 0.29) is 12.2 Å². The molecule has 0 fully saturated rings. The summed E-state index contributed by atoms with van der Waals surface area (Å²) in [4.78, 5) is 10.9. The molecule has 0 radical (unpaired) electrons. The number of carbonyl (C=O) groups is 1. The molecule has 7 heteroatoms. The van der Waals surface area contributed by atoms with Crippen LogP contribution in [0.4, 0.5) is 4.39 Å². The number of nitrogens with one attached hydrogen (secondary N) is 1. The highest BCUT2D eigenvalue weighted by Crippen LogP contribution is 2.30. The topological polar surface area (TPSA) is 67.8 Å². The molecule has 5 nitrogen and oxygen atoms in total. The van der Waals surface area contributed by atoms with Crippen LogP contribution < -0.4 is 14.8 Å². The van der Waals surface area contributed by atoms with Crippen molar-refractivity contribution in [1.82, 2.24) is 5.32 Å². The van der Waals surface area contributed by atoms with Crippen molar-refractivity contribution in [2.75, 3.05) is 6.61 Å². The summed E-state index contributed by atoms with van der Waals surface area (Å²) in [6.07, 6.45) is 0. The maximum atomic E-state index is 14.0. The fourth-order valence-corrected chi connectivity index (χ4v) is 3.20. The third-order valence-corrected chi connectivity index (χ3v) is 4.95. The van der Waals surface area contributed by atoms with Crippen LogP contribution in [0.1, 0.15) is 34.0 Å². The van der Waals surface area contributed by atoms with Gasteiger partial charge < -0.3 is 19.9 Å². The Morgan fingerprint density at radius 3 is 2.39 bits per heavy atom. The molecule has 3 aromatic rings. The fourth-order valence-electron chi connectivity index (χ4n) is 2.99. The Balaban J connectivity index is 1.62. The van der Waals surface area contributed by atoms with Crippen molar-refractivity contribution >= 4 is 17.6 Å². The Labute approximate surface area is 185 Å². The quantitative estimate of drug-likeness (QED) is 0.436. The Morgan fingerprint density at radius 2 is 1.71 bits per heavy atom. The van der Waals surface area contributed by atoms with Crippen LogP contribution in [-0.2, 0) is 19.7 Å². The predicted molar refractivity (Wildman–Crippen MR) is 117 cm³/mol. The van der Waals surface area contributed by atoms with Gasteiger partial charge in [-0.05, 0) is 54.4 Å². The van der Waals surface area contributed by atoms with Crippen LogP contribution in [0.15, 0.2) is 60.7 Å². The van der Waals surface area contributed by atoms with Gasteiger partial charge in [0.25, 0.3) is 0 Å². The highest BCUT2D eigenvalue weighted by atomic mass is 35.5. The summed E-state index contributed by atoms with van der Waals surface area (Å²) >= 11 is 6.07. The molecule has 0 heterocycles. The lowest BCUT2D eigenvalue weighted by molar-refractivity contribution is 0.0697. The van der Waals surface area contributed by atoms with Gasteiger partial charge in [0, 0.05) is 18.7 Å². The van der Waals surface area contributed by atoms with Crippen molar-refractivity contribution in [1.29, 1.82) is 0 Å². The van der Waals surface area contributed by atoms with E-state index in [9.17, 15) is 9.18 Å². The smallest absolute Gasteiger partial charge is 0.335 e. The van der Waals surface area contributed by atoms with Gasteiger partial charge in [-0.1, -0.05) is 35.9 Å². The minimum atomic E-state index is -0.942. The molecule has 3 aromatic carbocycles. The summed E-state index contributed by atoms with van der Waals surface area (Å²) in [6.45, 7) is 3.51. The van der Waals surface area contributed by atoms with Gasteiger partial charge in [0.15, 0.2) is 11.5 Å². The van der Waals surface area contributed by atoms with E-state index in [4.69, 9.17) is 26.2 Å². The van der Waals surface area contributed by atoms with Gasteiger partial charge in [-0.25, -0.2) is 9.18 Å². The standard InChI is InChI=1S/C24H23ClFNO4/c1-2-30-23-12-17(14-27-13-16-6-9-18(10-7-16)24(28)29)8-11-22(23)31-15-19-20(25)4-3-5-21(19)26/h3-12,27H,2,13-15H2,1H3,(H,28,29). The molecule has 0 aromatic heterocycles. The summed E-state index contributed by atoms with van der Waals surface area (Å²) in [7, 11) is 0. The SMILES string of the molecule is CCOc1cc(CNCc2ccc(C(=O)O)cc2)ccc1OCc1c(F)cccc1Cl. The Kier molecular flexibility index (Phi) is 7.87. The van der Waals surface area contributed by atoms with Crippen molar-refractivity contribution in [2.24, 2.45) is 0 Å². The molecule has 0 amide bonds. The first-order valence-electron chi connectivity index (χ1n) is 9.82. The number of aromatic carboxylic acids is 1. The van der Waals surface area contributed by atoms with Crippen molar-refractivity contribution in [3.8, 4) is 11.5 Å². The average molecular weight is 444 g/mol. The highest BCUT2D eigenvalue weighted by molar-refractivity contribution is 6.31. The Bertz CT molecular complexity index is 1020. The van der Waals surface area contributed by atoms with Crippen LogP contribution in [-0.4, -0.2) is 17.7 Å². The van der Waals surface area contributed by atoms with Gasteiger partial charge >= 0.3 is 5.97 Å². The molecule has 0 saturated carbocycles. The Morgan fingerprint density at radius 1 is 1.00 bits per heavy atom. The van der Waals surface area contributed by atoms with Gasteiger partial charge in [-0.15, -0.1) is 0 Å². The van der Waals surface area contributed by atoms with E-state index in [0.29, 0.717) is 41.8 Å². The van der Waals surface area contributed by atoms with Crippen molar-refractivity contribution in [2.45, 2.75) is 26.6 Å². The molecule has 0 aliphatic carbocycles. The maximum Gasteiger partial charge on any atom is 0.335 e. The molecular weight excluding hydrogens is 421 g/mol. The molecule has 0 aliphatic heterocycles. The highest BCUT2D eigenvalue weighted by Gasteiger charge is 2.11. The summed E-state index contributed by atoms with van der Waals surface area (Å²) in [6, 6.07) is 16.8. The maximum absolute atomic E-state index is 14.0. The minimum absolute atomic E-state index is 0.00445. The van der Waals surface area contributed by atoms with Crippen LogP contribution in [0.2, 0.25) is 5.02 Å². The van der Waals surface area contributed by atoms with Crippen molar-refractivity contribution in [3.63, 3.8) is 0 Å². The number of hydrogen-bond donors (Lipinski definition) is 2. The molecule has 0 saturated heterocycles. The molecule has 0 bridgehead atoms. The van der Waals surface area contributed by atoms with Gasteiger partial charge in [0.1, 0.15) is 12.4 Å². The van der Waals surface area contributed by atoms with E-state index in [1.807, 2.05) is 19.1 Å². The van der Waals surface area contributed by atoms with Crippen LogP contribution in [0.25, 0.3) is 0 Å². The predicted octanol–water partition coefficient (Wildman–Crippen LogP) is 5.44. The van der Waals surface area contributed by atoms with E-state index >= 15 is 0 Å². The first-order valence-corrected chi connectivity index (χ1v) is 10.2. The summed E-state index contributed by atoms with van der Waals surface area (Å²) in [5, 5.41) is 12.6. The fraction of sp³-hybridized carbons (Fsp3) is 0.208. The first kappa shape index (κ1) is 22.6. The third-order valence-electron chi connectivity index (χ3n) is 4.60. The second kappa shape index (κ2) is 10.8. The summed E-state index contributed by atoms with van der Waals surface area (Å²) in [5.41, 5.74) is 2.53. The molecule has 0 atom stereocenters. The summed E-state index contributed by atoms with van der Waals surface area (Å²) in [5.74, 6) is -0.278. The van der Waals surface area contributed by atoms with Crippen LogP contribution in [0, 0.1) is 5.82 Å². The molecule has 2 N–H and O–H groups in total. The lowest BCUT2D eigenvalue weighted by atomic mass is 10.1. The number of carboxylic acid groups (broad SMARTS) is 1. The van der Waals surface area contributed by atoms with E-state index < -0.39 is 11.8 Å². The van der Waals surface area contributed by atoms with Crippen LogP contribution in [0.3, 0.4) is 0 Å². The van der Waals surface area contributed by atoms with E-state index in [2.05, 4.69) is 5.32 Å². The lowest BCUT2D eigenvalue weighted by Gasteiger charge is -2.15. The van der Waals surface area contributed by atoms with E-state index in [0.717, 1.165) is 11.1 Å². The molecule has 0 spiro atoms. The lowest BCUT2D eigenvalue weighted by Crippen LogP contribution is -2.13. The number of hydrogen-bond acceptors (Lipinski definition) is 4. The largest absolute Gasteiger partial charge is 0.490 e. The van der Waals surface area contributed by atoms with Crippen LogP contribution >= 0.6 is 11.6 Å². The number of rotatable bonds is 10. The zero-order chi connectivity index (χ0) is 22.2. The van der Waals surface area contributed by atoms with Gasteiger partial charge in [-0.2, -0.15) is 0 Å². The second-order valence-corrected chi connectivity index (χ2v) is 7.22. The first-order chi connectivity index (χ1) is 15.0. The van der Waals surface area contributed by atoms with E-state index in [1.54, 1.807) is 42.5 Å². The Hall–Kier alpha value is -3.09. The van der Waals surface area contributed by atoms with Crippen molar-refractivity contribution in [3.05, 3.63) is 93.8 Å². The number of carboxylic acids is 1. The molecule has 162 valence electrons. The number of halogens is 2. The molecule has 0 aliphatic rings. The van der Waals surface area contributed by atoms with Crippen molar-refractivity contribution < 1.29 is 23.8 Å².